The summed E-state index contributed by atoms with van der Waals surface area (Å²) in [5, 5.41) is 113. The van der Waals surface area contributed by atoms with Crippen molar-refractivity contribution in [1.29, 1.82) is 0 Å². The molecular formula is C27H30O16. The zero-order chi connectivity index (χ0) is 31.5. The highest BCUT2D eigenvalue weighted by atomic mass is 16.7. The second kappa shape index (κ2) is 11.4. The van der Waals surface area contributed by atoms with Crippen molar-refractivity contribution in [2.24, 2.45) is 0 Å². The Balaban J connectivity index is 1.71. The molecule has 2 saturated heterocycles. The number of aliphatic hydroxyl groups is 6. The van der Waals surface area contributed by atoms with Gasteiger partial charge in [0.15, 0.2) is 29.1 Å². The van der Waals surface area contributed by atoms with Crippen LogP contribution in [0.4, 0.5) is 0 Å². The molecule has 3 aromatic rings. The van der Waals surface area contributed by atoms with Gasteiger partial charge in [0.25, 0.3) is 0 Å². The monoisotopic (exact) mass is 610 g/mol. The quantitative estimate of drug-likeness (QED) is 0.144. The highest BCUT2D eigenvalue weighted by molar-refractivity contribution is 5.91. The van der Waals surface area contributed by atoms with Crippen molar-refractivity contribution in [3.63, 3.8) is 0 Å². The second-order valence-corrected chi connectivity index (χ2v) is 10.4. The molecule has 2 fully saturated rings. The molecule has 0 amide bonds. The molecule has 2 aliphatic rings. The molecule has 16 heteroatoms. The number of fused-ring (bicyclic) bond motifs is 1. The van der Waals surface area contributed by atoms with Crippen molar-refractivity contribution in [2.45, 2.75) is 68.1 Å². The van der Waals surface area contributed by atoms with Crippen LogP contribution in [0.3, 0.4) is 0 Å². The Kier molecular flexibility index (Phi) is 8.16. The van der Waals surface area contributed by atoms with Gasteiger partial charge in [-0.15, -0.1) is 0 Å². The van der Waals surface area contributed by atoms with Crippen molar-refractivity contribution in [1.82, 2.24) is 0 Å². The summed E-state index contributed by atoms with van der Waals surface area (Å²) < 4.78 is 22.7. The van der Waals surface area contributed by atoms with E-state index >= 15 is 0 Å². The molecule has 11 N–H and O–H groups in total. The lowest BCUT2D eigenvalue weighted by molar-refractivity contribution is -0.338. The topological polar surface area (TPSA) is 280 Å². The van der Waals surface area contributed by atoms with Gasteiger partial charge in [-0.1, -0.05) is 0 Å². The number of phenolic OH excluding ortho intramolecular Hbond substituents is 4. The van der Waals surface area contributed by atoms with Crippen LogP contribution in [0.2, 0.25) is 0 Å². The Morgan fingerprint density at radius 3 is 2.14 bits per heavy atom. The van der Waals surface area contributed by atoms with Gasteiger partial charge in [-0.25, -0.2) is 0 Å². The van der Waals surface area contributed by atoms with Crippen LogP contribution in [0.1, 0.15) is 18.6 Å². The number of rotatable bonds is 5. The Hall–Kier alpha value is -3.71. The molecule has 16 nitrogen and oxygen atoms in total. The van der Waals surface area contributed by atoms with Gasteiger partial charge in [-0.05, 0) is 25.1 Å². The van der Waals surface area contributed by atoms with E-state index in [-0.39, 0.29) is 5.56 Å². The van der Waals surface area contributed by atoms with Gasteiger partial charge in [-0.2, -0.15) is 0 Å². The van der Waals surface area contributed by atoms with E-state index in [9.17, 15) is 61.0 Å². The Morgan fingerprint density at radius 1 is 0.791 bits per heavy atom. The van der Waals surface area contributed by atoms with Gasteiger partial charge in [-0.3, -0.25) is 4.79 Å². The molecular weight excluding hydrogens is 580 g/mol. The lowest BCUT2D eigenvalue weighted by Gasteiger charge is -2.46. The summed E-state index contributed by atoms with van der Waals surface area (Å²) in [6.45, 7) is 0.507. The van der Waals surface area contributed by atoms with E-state index in [1.165, 1.54) is 13.0 Å². The number of aliphatic hydroxyl groups excluding tert-OH is 6. The molecule has 1 aromatic heterocycles. The maximum absolute atomic E-state index is 13.3. The molecule has 234 valence electrons. The van der Waals surface area contributed by atoms with Crippen molar-refractivity contribution in [2.75, 3.05) is 6.61 Å². The number of ether oxygens (including phenoxy) is 3. The predicted octanol–water partition coefficient (Wildman–Crippen LogP) is -1.65. The van der Waals surface area contributed by atoms with Crippen LogP contribution in [0.25, 0.3) is 22.3 Å². The van der Waals surface area contributed by atoms with Crippen molar-refractivity contribution >= 4 is 11.0 Å². The number of aromatic hydroxyl groups is 5. The van der Waals surface area contributed by atoms with Gasteiger partial charge in [0.05, 0.1) is 18.3 Å². The first kappa shape index (κ1) is 30.7. The molecule has 0 bridgehead atoms. The molecule has 0 saturated carbocycles. The van der Waals surface area contributed by atoms with E-state index in [2.05, 4.69) is 0 Å². The minimum atomic E-state index is -1.94. The molecule has 0 aliphatic carbocycles. The number of hydrogen-bond acceptors (Lipinski definition) is 16. The molecule has 3 heterocycles. The third kappa shape index (κ3) is 5.12. The normalized spacial score (nSPS) is 33.1. The van der Waals surface area contributed by atoms with Crippen LogP contribution in [-0.2, 0) is 14.2 Å². The fourth-order valence-electron chi connectivity index (χ4n) is 5.23. The van der Waals surface area contributed by atoms with Crippen LogP contribution in [-0.4, -0.2) is 118 Å². The fraction of sp³-hybridized carbons (Fsp3) is 0.444. The SMILES string of the molecule is C[C@@H]1O[C@@H](O[C@@H]2[C@@H](O)[C@H](O)[C@@H](CO)O[C@H]2c2c(O)cc(O)c3c(=O)c(O)c(-c4ccc(O)c(O)c4)oc23)[C@@H](O)[C@H](O)[C@H]1O. The van der Waals surface area contributed by atoms with Crippen LogP contribution in [0.5, 0.6) is 28.7 Å². The summed E-state index contributed by atoms with van der Waals surface area (Å²) in [4.78, 5) is 13.3. The molecule has 10 atom stereocenters. The lowest BCUT2D eigenvalue weighted by Crippen LogP contribution is -2.61. The smallest absolute Gasteiger partial charge is 0.238 e. The summed E-state index contributed by atoms with van der Waals surface area (Å²) in [5.41, 5.74) is -2.42. The summed E-state index contributed by atoms with van der Waals surface area (Å²) >= 11 is 0. The van der Waals surface area contributed by atoms with Crippen molar-refractivity contribution < 1.29 is 74.8 Å². The van der Waals surface area contributed by atoms with Crippen LogP contribution >= 0.6 is 0 Å². The van der Waals surface area contributed by atoms with E-state index < -0.39 is 124 Å². The molecule has 2 aromatic carbocycles. The maximum Gasteiger partial charge on any atom is 0.238 e. The number of hydrogen-bond donors (Lipinski definition) is 11. The third-order valence-corrected chi connectivity index (χ3v) is 7.63. The zero-order valence-corrected chi connectivity index (χ0v) is 22.3. The van der Waals surface area contributed by atoms with Crippen molar-refractivity contribution in [3.8, 4) is 40.1 Å². The maximum atomic E-state index is 13.3. The van der Waals surface area contributed by atoms with Crippen LogP contribution in [0.15, 0.2) is 33.5 Å². The Labute approximate surface area is 241 Å². The Bertz CT molecular complexity index is 1570. The first-order valence-electron chi connectivity index (χ1n) is 13.0. The zero-order valence-electron chi connectivity index (χ0n) is 22.3. The number of benzene rings is 2. The largest absolute Gasteiger partial charge is 0.507 e. The first-order chi connectivity index (χ1) is 20.3. The van der Waals surface area contributed by atoms with Gasteiger partial charge < -0.3 is 74.8 Å². The summed E-state index contributed by atoms with van der Waals surface area (Å²) in [7, 11) is 0. The van der Waals surface area contributed by atoms with E-state index in [0.717, 1.165) is 12.1 Å². The molecule has 43 heavy (non-hydrogen) atoms. The van der Waals surface area contributed by atoms with E-state index in [1.54, 1.807) is 0 Å². The fourth-order valence-corrected chi connectivity index (χ4v) is 5.23. The Morgan fingerprint density at radius 2 is 1.49 bits per heavy atom. The summed E-state index contributed by atoms with van der Waals surface area (Å²) in [6.07, 6.45) is -16.8. The van der Waals surface area contributed by atoms with Gasteiger partial charge in [0, 0.05) is 11.6 Å². The van der Waals surface area contributed by atoms with Gasteiger partial charge in [0.1, 0.15) is 65.7 Å². The van der Waals surface area contributed by atoms with E-state index in [4.69, 9.17) is 18.6 Å². The average Bonchev–Trinajstić information content (AvgIpc) is 2.96. The average molecular weight is 611 g/mol. The summed E-state index contributed by atoms with van der Waals surface area (Å²) in [5.74, 6) is -4.41. The van der Waals surface area contributed by atoms with Gasteiger partial charge in [0.2, 0.25) is 11.2 Å². The standard InChI is InChI=1S/C27H30O16/c1-7-16(33)19(36)22(39)27(40-7)43-26-20(37)17(34)13(6-28)41-25(26)15-12(32)5-11(31)14-18(35)21(38)23(42-24(14)15)8-2-3-9(29)10(30)4-8/h2-5,7,13,16-17,19-20,22,25-34,36-39H,6H2,1H3/t7-,13+,16-,17+,19+,20-,22-,25-,26+,27-/m0/s1. The first-order valence-corrected chi connectivity index (χ1v) is 13.0. The predicted molar refractivity (Wildman–Crippen MR) is 140 cm³/mol. The third-order valence-electron chi connectivity index (χ3n) is 7.63. The minimum Gasteiger partial charge on any atom is -0.507 e. The van der Waals surface area contributed by atoms with Crippen LogP contribution < -0.4 is 5.43 Å². The van der Waals surface area contributed by atoms with Gasteiger partial charge >= 0.3 is 0 Å². The highest BCUT2D eigenvalue weighted by Crippen LogP contribution is 2.46. The molecule has 0 radical (unpaired) electrons. The van der Waals surface area contributed by atoms with Crippen LogP contribution in [0, 0.1) is 0 Å². The molecule has 0 unspecified atom stereocenters. The minimum absolute atomic E-state index is 0.123. The second-order valence-electron chi connectivity index (χ2n) is 10.4. The lowest BCUT2D eigenvalue weighted by atomic mass is 9.89. The highest BCUT2D eigenvalue weighted by Gasteiger charge is 2.51. The van der Waals surface area contributed by atoms with E-state index in [0.29, 0.717) is 6.07 Å². The molecule has 0 spiro atoms. The number of phenols is 4. The summed E-state index contributed by atoms with van der Waals surface area (Å²) in [6, 6.07) is 3.87. The van der Waals surface area contributed by atoms with Crippen molar-refractivity contribution in [3.05, 3.63) is 40.1 Å². The molecule has 2 aliphatic heterocycles. The molecule has 5 rings (SSSR count). The van der Waals surface area contributed by atoms with E-state index in [1.807, 2.05) is 0 Å².